The number of para-hydroxylation sites is 1. The molecule has 0 aliphatic carbocycles. The summed E-state index contributed by atoms with van der Waals surface area (Å²) >= 11 is 0. The minimum absolute atomic E-state index is 0.164. The molecule has 5 nitrogen and oxygen atoms in total. The predicted octanol–water partition coefficient (Wildman–Crippen LogP) is 1.66. The van der Waals surface area contributed by atoms with Crippen LogP contribution in [0.2, 0.25) is 0 Å². The van der Waals surface area contributed by atoms with E-state index in [2.05, 4.69) is 0 Å². The largest absolute Gasteiger partial charge is 0.346 e. The molecule has 2 rings (SSSR count). The number of hydrogen-bond donors (Lipinski definition) is 0. The van der Waals surface area contributed by atoms with Crippen LogP contribution in [0, 0.1) is 0 Å². The third-order valence-electron chi connectivity index (χ3n) is 3.43. The van der Waals surface area contributed by atoms with E-state index in [0.717, 1.165) is 5.52 Å². The average molecular weight is 294 g/mol. The Balaban J connectivity index is 2.86. The number of nitrogens with zero attached hydrogens (tertiary/aromatic N) is 2. The Morgan fingerprint density at radius 3 is 2.45 bits per heavy atom. The predicted molar refractivity (Wildman–Crippen MR) is 79.4 cm³/mol. The maximum atomic E-state index is 12.4. The highest BCUT2D eigenvalue weighted by molar-refractivity contribution is 7.89. The van der Waals surface area contributed by atoms with Gasteiger partial charge in [0.1, 0.15) is 4.90 Å². The highest BCUT2D eigenvalue weighted by Gasteiger charge is 2.24. The number of aryl methyl sites for hydroxylation is 1. The van der Waals surface area contributed by atoms with E-state index in [1.165, 1.54) is 17.5 Å². The average Bonchev–Trinajstić information content (AvgIpc) is 2.46. The molecule has 1 heterocycles. The summed E-state index contributed by atoms with van der Waals surface area (Å²) in [6.07, 6.45) is 1.44. The fraction of sp³-hybridized carbons (Fsp3) is 0.357. The van der Waals surface area contributed by atoms with Gasteiger partial charge in [-0.15, -0.1) is 0 Å². The molecule has 0 fully saturated rings. The Bertz CT molecular complexity index is 794. The Labute approximate surface area is 118 Å². The molecule has 108 valence electrons. The van der Waals surface area contributed by atoms with Crippen LogP contribution in [0.3, 0.4) is 0 Å². The molecule has 0 saturated heterocycles. The summed E-state index contributed by atoms with van der Waals surface area (Å²) < 4.78 is 27.8. The molecule has 0 unspecified atom stereocenters. The molecule has 0 aliphatic rings. The second kappa shape index (κ2) is 5.38. The Morgan fingerprint density at radius 2 is 1.85 bits per heavy atom. The number of hydrogen-bond acceptors (Lipinski definition) is 3. The maximum Gasteiger partial charge on any atom is 0.248 e. The maximum absolute atomic E-state index is 12.4. The summed E-state index contributed by atoms with van der Waals surface area (Å²) in [6.45, 7) is 4.56. The molecule has 0 spiro atoms. The van der Waals surface area contributed by atoms with Gasteiger partial charge in [0.25, 0.3) is 0 Å². The first-order chi connectivity index (χ1) is 9.43. The first kappa shape index (κ1) is 14.7. The van der Waals surface area contributed by atoms with Gasteiger partial charge in [0, 0.05) is 31.7 Å². The van der Waals surface area contributed by atoms with Crippen molar-refractivity contribution < 1.29 is 8.42 Å². The van der Waals surface area contributed by atoms with Crippen LogP contribution in [0.25, 0.3) is 10.9 Å². The van der Waals surface area contributed by atoms with Gasteiger partial charge in [-0.1, -0.05) is 19.1 Å². The van der Waals surface area contributed by atoms with Crippen LogP contribution in [-0.2, 0) is 16.6 Å². The van der Waals surface area contributed by atoms with E-state index in [9.17, 15) is 13.2 Å². The van der Waals surface area contributed by atoms with Gasteiger partial charge in [-0.2, -0.15) is 0 Å². The van der Waals surface area contributed by atoms with Crippen LogP contribution in [0.5, 0.6) is 0 Å². The van der Waals surface area contributed by atoms with E-state index < -0.39 is 15.5 Å². The molecule has 0 N–H and O–H groups in total. The van der Waals surface area contributed by atoms with Crippen LogP contribution in [0.1, 0.15) is 13.8 Å². The first-order valence-corrected chi connectivity index (χ1v) is 7.96. The van der Waals surface area contributed by atoms with E-state index in [1.807, 2.05) is 19.1 Å². The van der Waals surface area contributed by atoms with Gasteiger partial charge in [0.15, 0.2) is 0 Å². The van der Waals surface area contributed by atoms with Crippen LogP contribution in [0.15, 0.2) is 40.2 Å². The summed E-state index contributed by atoms with van der Waals surface area (Å²) in [7, 11) is -2.27. The Morgan fingerprint density at radius 1 is 1.20 bits per heavy atom. The van der Waals surface area contributed by atoms with Crippen molar-refractivity contribution in [1.82, 2.24) is 8.87 Å². The molecule has 0 radical (unpaired) electrons. The summed E-state index contributed by atoms with van der Waals surface area (Å²) in [5, 5.41) is 0.430. The molecule has 0 amide bonds. The molecule has 6 heteroatoms. The van der Waals surface area contributed by atoms with Crippen molar-refractivity contribution in [1.29, 1.82) is 0 Å². The van der Waals surface area contributed by atoms with Gasteiger partial charge >= 0.3 is 0 Å². The molecule has 1 aromatic heterocycles. The van der Waals surface area contributed by atoms with Crippen molar-refractivity contribution >= 4 is 20.9 Å². The zero-order valence-electron chi connectivity index (χ0n) is 11.8. The van der Waals surface area contributed by atoms with E-state index in [1.54, 1.807) is 23.6 Å². The zero-order valence-corrected chi connectivity index (χ0v) is 12.6. The summed E-state index contributed by atoms with van der Waals surface area (Å²) in [4.78, 5) is 12.3. The Kier molecular flexibility index (Phi) is 3.96. The van der Waals surface area contributed by atoms with Crippen LogP contribution in [-0.4, -0.2) is 30.9 Å². The molecule has 2 aromatic rings. The van der Waals surface area contributed by atoms with Gasteiger partial charge in [0.05, 0.1) is 5.52 Å². The fourth-order valence-corrected chi connectivity index (χ4v) is 3.38. The summed E-state index contributed by atoms with van der Waals surface area (Å²) in [5.41, 5.74) is 0.309. The second-order valence-electron chi connectivity index (χ2n) is 4.54. The van der Waals surface area contributed by atoms with Crippen molar-refractivity contribution in [2.45, 2.75) is 25.3 Å². The van der Waals surface area contributed by atoms with Crippen molar-refractivity contribution in [3.63, 3.8) is 0 Å². The number of benzene rings is 1. The molecule has 0 saturated carbocycles. The summed E-state index contributed by atoms with van der Waals surface area (Å²) in [5.74, 6) is 0. The lowest BCUT2D eigenvalue weighted by molar-refractivity contribution is 0.485. The molecule has 0 aliphatic heterocycles. The number of pyridine rings is 1. The first-order valence-electron chi connectivity index (χ1n) is 6.52. The molecule has 1 aromatic carbocycles. The lowest BCUT2D eigenvalue weighted by atomic mass is 10.2. The third kappa shape index (κ3) is 2.25. The van der Waals surface area contributed by atoms with Crippen molar-refractivity contribution in [3.05, 3.63) is 40.7 Å². The smallest absolute Gasteiger partial charge is 0.248 e. The number of aromatic nitrogens is 1. The second-order valence-corrected chi connectivity index (χ2v) is 6.56. The number of rotatable bonds is 4. The minimum Gasteiger partial charge on any atom is -0.346 e. The standard InChI is InChI=1S/C14H18N2O3S/c1-4-15(3)20(18,19)13-10-16(5-2)12-9-7-6-8-11(12)14(13)17/h6-10H,4-5H2,1-3H3. The van der Waals surface area contributed by atoms with Gasteiger partial charge in [-0.3, -0.25) is 4.79 Å². The molecule has 0 atom stereocenters. The third-order valence-corrected chi connectivity index (χ3v) is 5.35. The van der Waals surface area contributed by atoms with Crippen LogP contribution >= 0.6 is 0 Å². The summed E-state index contributed by atoms with van der Waals surface area (Å²) in [6, 6.07) is 7.05. The van der Waals surface area contributed by atoms with E-state index in [-0.39, 0.29) is 4.90 Å². The SMILES string of the molecule is CCN(C)S(=O)(=O)c1cn(CC)c2ccccc2c1=O. The number of fused-ring (bicyclic) bond motifs is 1. The lowest BCUT2D eigenvalue weighted by Gasteiger charge is -2.17. The van der Waals surface area contributed by atoms with Crippen molar-refractivity contribution in [3.8, 4) is 0 Å². The molecule has 20 heavy (non-hydrogen) atoms. The van der Waals surface area contributed by atoms with Gasteiger partial charge in [-0.05, 0) is 19.1 Å². The van der Waals surface area contributed by atoms with Crippen molar-refractivity contribution in [2.24, 2.45) is 0 Å². The molecular weight excluding hydrogens is 276 g/mol. The van der Waals surface area contributed by atoms with E-state index in [4.69, 9.17) is 0 Å². The van der Waals surface area contributed by atoms with Gasteiger partial charge in [-0.25, -0.2) is 12.7 Å². The highest BCUT2D eigenvalue weighted by Crippen LogP contribution is 2.16. The van der Waals surface area contributed by atoms with Gasteiger partial charge < -0.3 is 4.57 Å². The molecular formula is C14H18N2O3S. The highest BCUT2D eigenvalue weighted by atomic mass is 32.2. The van der Waals surface area contributed by atoms with Crippen molar-refractivity contribution in [2.75, 3.05) is 13.6 Å². The Hall–Kier alpha value is -1.66. The van der Waals surface area contributed by atoms with Crippen LogP contribution in [0.4, 0.5) is 0 Å². The van der Waals surface area contributed by atoms with Crippen LogP contribution < -0.4 is 5.43 Å². The normalized spacial score (nSPS) is 12.2. The quantitative estimate of drug-likeness (QED) is 0.861. The topological polar surface area (TPSA) is 59.4 Å². The van der Waals surface area contributed by atoms with E-state index in [0.29, 0.717) is 18.5 Å². The van der Waals surface area contributed by atoms with Gasteiger partial charge in [0.2, 0.25) is 15.5 Å². The number of sulfonamides is 1. The zero-order chi connectivity index (χ0) is 14.9. The monoisotopic (exact) mass is 294 g/mol. The minimum atomic E-state index is -3.74. The molecule has 0 bridgehead atoms. The fourth-order valence-electron chi connectivity index (χ4n) is 2.10. The lowest BCUT2D eigenvalue weighted by Crippen LogP contribution is -2.31. The van der Waals surface area contributed by atoms with E-state index >= 15 is 0 Å².